The van der Waals surface area contributed by atoms with Gasteiger partial charge in [-0.25, -0.2) is 4.98 Å². The van der Waals surface area contributed by atoms with E-state index in [1.807, 2.05) is 64.1 Å². The maximum atomic E-state index is 12.3. The van der Waals surface area contributed by atoms with Crippen LogP contribution in [-0.2, 0) is 16.0 Å². The molecule has 2 heterocycles. The minimum atomic E-state index is -0.633. The van der Waals surface area contributed by atoms with Crippen LogP contribution in [-0.4, -0.2) is 44.6 Å². The number of benzene rings is 2. The molecule has 2 N–H and O–H groups in total. The van der Waals surface area contributed by atoms with Crippen LogP contribution in [0.1, 0.15) is 33.3 Å². The number of nitrogens with zero attached hydrogens (tertiary/aromatic N) is 3. The lowest BCUT2D eigenvalue weighted by Crippen LogP contribution is -2.29. The average molecular weight is 462 g/mol. The number of aromatic amines is 2. The zero-order valence-corrected chi connectivity index (χ0v) is 19.6. The Morgan fingerprint density at radius 3 is 2.59 bits per heavy atom. The molecule has 0 amide bonds. The number of carbonyl (C=O) groups is 1. The molecule has 0 radical (unpaired) electrons. The second-order valence-corrected chi connectivity index (χ2v) is 8.54. The predicted molar refractivity (Wildman–Crippen MR) is 128 cm³/mol. The quantitative estimate of drug-likeness (QED) is 0.381. The standard InChI is InChI=1S/C25H27N5O4/c1-5-33-19-13-17(10-11-18(19)21-26-22-20(23(31)27-21)28-30-29-22)16-9-7-8-15(12-16)14-25(3,4)24(32)34-6-2/h7-13H,5-6,14H2,1-4H3,(H2,26,27,28,29,30,31). The number of hydrogen-bond acceptors (Lipinski definition) is 7. The Morgan fingerprint density at radius 2 is 1.82 bits per heavy atom. The van der Waals surface area contributed by atoms with E-state index >= 15 is 0 Å². The van der Waals surface area contributed by atoms with E-state index in [0.29, 0.717) is 36.8 Å². The first-order chi connectivity index (χ1) is 16.3. The van der Waals surface area contributed by atoms with Gasteiger partial charge >= 0.3 is 5.97 Å². The summed E-state index contributed by atoms with van der Waals surface area (Å²) in [6.07, 6.45) is 0.555. The minimum Gasteiger partial charge on any atom is -0.493 e. The predicted octanol–water partition coefficient (Wildman–Crippen LogP) is 3.91. The van der Waals surface area contributed by atoms with Crippen LogP contribution in [0, 0.1) is 5.41 Å². The summed E-state index contributed by atoms with van der Waals surface area (Å²) >= 11 is 0. The summed E-state index contributed by atoms with van der Waals surface area (Å²) in [5.74, 6) is 0.726. The molecule has 0 saturated carbocycles. The van der Waals surface area contributed by atoms with E-state index in [1.54, 1.807) is 0 Å². The van der Waals surface area contributed by atoms with Gasteiger partial charge in [0.25, 0.3) is 5.56 Å². The van der Waals surface area contributed by atoms with Crippen LogP contribution in [0.15, 0.2) is 47.3 Å². The van der Waals surface area contributed by atoms with Crippen LogP contribution in [0.5, 0.6) is 5.75 Å². The summed E-state index contributed by atoms with van der Waals surface area (Å²) in [5, 5.41) is 10.2. The molecule has 2 aromatic carbocycles. The third-order valence-electron chi connectivity index (χ3n) is 5.47. The highest BCUT2D eigenvalue weighted by molar-refractivity contribution is 5.78. The van der Waals surface area contributed by atoms with Crippen molar-refractivity contribution in [3.63, 3.8) is 0 Å². The van der Waals surface area contributed by atoms with Gasteiger partial charge in [-0.05, 0) is 62.9 Å². The number of fused-ring (bicyclic) bond motifs is 1. The Kier molecular flexibility index (Phi) is 6.45. The average Bonchev–Trinajstić information content (AvgIpc) is 3.29. The van der Waals surface area contributed by atoms with Gasteiger partial charge in [0.05, 0.1) is 24.2 Å². The van der Waals surface area contributed by atoms with Crippen molar-refractivity contribution in [1.29, 1.82) is 0 Å². The van der Waals surface area contributed by atoms with Crippen molar-refractivity contribution in [1.82, 2.24) is 25.4 Å². The SMILES string of the molecule is CCOC(=O)C(C)(C)Cc1cccc(-c2ccc(-c3nc4n[nH]nc4c(=O)[nH]3)c(OCC)c2)c1. The molecule has 4 rings (SSSR count). The van der Waals surface area contributed by atoms with Gasteiger partial charge in [-0.15, -0.1) is 10.2 Å². The van der Waals surface area contributed by atoms with Crippen LogP contribution < -0.4 is 10.3 Å². The largest absolute Gasteiger partial charge is 0.493 e. The highest BCUT2D eigenvalue weighted by Crippen LogP contribution is 2.34. The van der Waals surface area contributed by atoms with Crippen molar-refractivity contribution in [2.45, 2.75) is 34.1 Å². The second-order valence-electron chi connectivity index (χ2n) is 8.54. The van der Waals surface area contributed by atoms with Gasteiger partial charge in [0.1, 0.15) is 11.6 Å². The highest BCUT2D eigenvalue weighted by atomic mass is 16.5. The summed E-state index contributed by atoms with van der Waals surface area (Å²) in [6.45, 7) is 8.28. The summed E-state index contributed by atoms with van der Waals surface area (Å²) in [6, 6.07) is 13.8. The highest BCUT2D eigenvalue weighted by Gasteiger charge is 2.29. The molecule has 0 aliphatic carbocycles. The molecule has 9 nitrogen and oxygen atoms in total. The van der Waals surface area contributed by atoms with Gasteiger partial charge in [0, 0.05) is 0 Å². The van der Waals surface area contributed by atoms with Crippen LogP contribution in [0.3, 0.4) is 0 Å². The van der Waals surface area contributed by atoms with Crippen molar-refractivity contribution in [2.75, 3.05) is 13.2 Å². The third kappa shape index (κ3) is 4.68. The first kappa shape index (κ1) is 23.2. The Morgan fingerprint density at radius 1 is 1.03 bits per heavy atom. The lowest BCUT2D eigenvalue weighted by molar-refractivity contribution is -0.153. The molecule has 0 spiro atoms. The normalized spacial score (nSPS) is 11.5. The molecular formula is C25H27N5O4. The maximum Gasteiger partial charge on any atom is 0.311 e. The van der Waals surface area contributed by atoms with Gasteiger partial charge < -0.3 is 14.5 Å². The number of H-pyrrole nitrogens is 2. The molecule has 0 aliphatic rings. The topological polar surface area (TPSA) is 123 Å². The van der Waals surface area contributed by atoms with Gasteiger partial charge in [-0.2, -0.15) is 5.21 Å². The fourth-order valence-electron chi connectivity index (χ4n) is 3.83. The van der Waals surface area contributed by atoms with E-state index in [4.69, 9.17) is 9.47 Å². The number of rotatable bonds is 8. The Balaban J connectivity index is 1.69. The smallest absolute Gasteiger partial charge is 0.311 e. The summed E-state index contributed by atoms with van der Waals surface area (Å²) in [4.78, 5) is 31.8. The molecule has 0 unspecified atom stereocenters. The van der Waals surface area contributed by atoms with Gasteiger partial charge in [0.2, 0.25) is 5.65 Å². The molecule has 0 atom stereocenters. The molecule has 9 heteroatoms. The fourth-order valence-corrected chi connectivity index (χ4v) is 3.83. The van der Waals surface area contributed by atoms with Crippen molar-refractivity contribution in [3.05, 3.63) is 58.4 Å². The lowest BCUT2D eigenvalue weighted by Gasteiger charge is -2.22. The van der Waals surface area contributed by atoms with E-state index < -0.39 is 5.41 Å². The molecule has 34 heavy (non-hydrogen) atoms. The van der Waals surface area contributed by atoms with Crippen molar-refractivity contribution in [3.8, 4) is 28.3 Å². The lowest BCUT2D eigenvalue weighted by atomic mass is 9.85. The number of ether oxygens (including phenoxy) is 2. The molecule has 0 bridgehead atoms. The third-order valence-corrected chi connectivity index (χ3v) is 5.47. The van der Waals surface area contributed by atoms with E-state index in [2.05, 4.69) is 31.4 Å². The molecule has 0 aliphatic heterocycles. The van der Waals surface area contributed by atoms with Crippen LogP contribution in [0.25, 0.3) is 33.7 Å². The summed E-state index contributed by atoms with van der Waals surface area (Å²) in [5.41, 5.74) is 2.98. The van der Waals surface area contributed by atoms with E-state index in [0.717, 1.165) is 16.7 Å². The number of carbonyl (C=O) groups excluding carboxylic acids is 1. The monoisotopic (exact) mass is 461 g/mol. The Bertz CT molecular complexity index is 1390. The molecule has 176 valence electrons. The van der Waals surface area contributed by atoms with Crippen LogP contribution in [0.2, 0.25) is 0 Å². The fraction of sp³-hybridized carbons (Fsp3) is 0.320. The number of nitrogens with one attached hydrogen (secondary N) is 2. The van der Waals surface area contributed by atoms with Crippen molar-refractivity contribution >= 4 is 17.1 Å². The second kappa shape index (κ2) is 9.46. The first-order valence-electron chi connectivity index (χ1n) is 11.2. The van der Waals surface area contributed by atoms with E-state index in [1.165, 1.54) is 0 Å². The molecule has 0 saturated heterocycles. The summed E-state index contributed by atoms with van der Waals surface area (Å²) < 4.78 is 11.1. The maximum absolute atomic E-state index is 12.3. The van der Waals surface area contributed by atoms with Gasteiger partial charge in [-0.3, -0.25) is 9.59 Å². The van der Waals surface area contributed by atoms with Crippen molar-refractivity contribution < 1.29 is 14.3 Å². The molecule has 0 fully saturated rings. The first-order valence-corrected chi connectivity index (χ1v) is 11.2. The van der Waals surface area contributed by atoms with Crippen LogP contribution >= 0.6 is 0 Å². The molecule has 4 aromatic rings. The van der Waals surface area contributed by atoms with Gasteiger partial charge in [-0.1, -0.05) is 30.3 Å². The zero-order valence-electron chi connectivity index (χ0n) is 19.6. The van der Waals surface area contributed by atoms with E-state index in [9.17, 15) is 9.59 Å². The molecular weight excluding hydrogens is 434 g/mol. The Labute approximate surface area is 196 Å². The number of esters is 1. The van der Waals surface area contributed by atoms with Crippen molar-refractivity contribution in [2.24, 2.45) is 5.41 Å². The minimum absolute atomic E-state index is 0.154. The summed E-state index contributed by atoms with van der Waals surface area (Å²) in [7, 11) is 0. The van der Waals surface area contributed by atoms with E-state index in [-0.39, 0.29) is 22.7 Å². The molecule has 2 aromatic heterocycles. The Hall–Kier alpha value is -4.01. The number of aromatic nitrogens is 5. The van der Waals surface area contributed by atoms with Gasteiger partial charge in [0.15, 0.2) is 5.52 Å². The number of hydrogen-bond donors (Lipinski definition) is 2. The zero-order chi connectivity index (χ0) is 24.3. The van der Waals surface area contributed by atoms with Crippen LogP contribution in [0.4, 0.5) is 0 Å².